The molecule has 5 rings (SSSR count). The second kappa shape index (κ2) is 9.17. The lowest BCUT2D eigenvalue weighted by molar-refractivity contribution is 0.630. The predicted molar refractivity (Wildman–Crippen MR) is 135 cm³/mol. The second-order valence-corrected chi connectivity index (χ2v) is 9.41. The molecule has 0 saturated carbocycles. The molecule has 0 aliphatic rings. The van der Waals surface area contributed by atoms with E-state index in [4.69, 9.17) is 4.99 Å². The smallest absolute Gasteiger partial charge is 0.297 e. The van der Waals surface area contributed by atoms with Crippen LogP contribution in [0.15, 0.2) is 87.4 Å². The molecule has 1 aromatic carbocycles. The van der Waals surface area contributed by atoms with Crippen LogP contribution in [0.5, 0.6) is 0 Å². The third-order valence-electron chi connectivity index (χ3n) is 5.62. The van der Waals surface area contributed by atoms with Crippen LogP contribution in [0.2, 0.25) is 0 Å². The molecule has 166 valence electrons. The molecule has 0 amide bonds. The quantitative estimate of drug-likeness (QED) is 0.351. The third-order valence-corrected chi connectivity index (χ3v) is 7.38. The molecule has 0 aliphatic heterocycles. The van der Waals surface area contributed by atoms with Gasteiger partial charge in [0.05, 0.1) is 22.0 Å². The van der Waals surface area contributed by atoms with Gasteiger partial charge in [-0.3, -0.25) is 14.5 Å². The highest BCUT2D eigenvalue weighted by Crippen LogP contribution is 2.26. The fraction of sp³-hybridized carbons (Fsp3) is 0.160. The average Bonchev–Trinajstić information content (AvgIpc) is 3.56. The van der Waals surface area contributed by atoms with E-state index in [2.05, 4.69) is 32.4 Å². The van der Waals surface area contributed by atoms with Crippen LogP contribution < -0.4 is 10.4 Å². The van der Waals surface area contributed by atoms with Gasteiger partial charge in [0.15, 0.2) is 10.5 Å². The summed E-state index contributed by atoms with van der Waals surface area (Å²) in [5.41, 5.74) is 4.13. The Morgan fingerprint density at radius 2 is 1.82 bits per heavy atom. The molecule has 0 fully saturated rings. The number of aromatic nitrogens is 4. The summed E-state index contributed by atoms with van der Waals surface area (Å²) in [6, 6.07) is 19.8. The number of rotatable bonds is 6. The summed E-state index contributed by atoms with van der Waals surface area (Å²) < 4.78 is 5.73. The van der Waals surface area contributed by atoms with Crippen LogP contribution in [-0.4, -0.2) is 18.9 Å². The number of hydrogen-bond acceptors (Lipinski definition) is 5. The molecule has 0 radical (unpaired) electrons. The van der Waals surface area contributed by atoms with Crippen LogP contribution in [0, 0.1) is 6.92 Å². The van der Waals surface area contributed by atoms with E-state index in [9.17, 15) is 4.79 Å². The molecule has 0 spiro atoms. The predicted octanol–water partition coefficient (Wildman–Crippen LogP) is 4.95. The molecule has 0 aliphatic carbocycles. The van der Waals surface area contributed by atoms with E-state index in [1.54, 1.807) is 27.4 Å². The highest BCUT2D eigenvalue weighted by Gasteiger charge is 2.17. The summed E-state index contributed by atoms with van der Waals surface area (Å²) in [4.78, 5) is 24.7. The van der Waals surface area contributed by atoms with E-state index in [1.165, 1.54) is 4.88 Å². The topological polar surface area (TPSA) is 57.1 Å². The summed E-state index contributed by atoms with van der Waals surface area (Å²) in [7, 11) is 1.89. The summed E-state index contributed by atoms with van der Waals surface area (Å²) in [5, 5.41) is 4.20. The van der Waals surface area contributed by atoms with Crippen molar-refractivity contribution in [1.82, 2.24) is 18.9 Å². The Kier molecular flexibility index (Phi) is 5.93. The molecule has 6 nitrogen and oxygen atoms in total. The second-order valence-electron chi connectivity index (χ2n) is 7.63. The number of benzene rings is 1. The summed E-state index contributed by atoms with van der Waals surface area (Å²) in [6.07, 6.45) is 2.60. The molecule has 0 N–H and O–H groups in total. The third kappa shape index (κ3) is 4.15. The van der Waals surface area contributed by atoms with Gasteiger partial charge in [-0.25, -0.2) is 9.67 Å². The van der Waals surface area contributed by atoms with E-state index in [0.29, 0.717) is 5.69 Å². The van der Waals surface area contributed by atoms with Crippen molar-refractivity contribution < 1.29 is 0 Å². The Hall–Kier alpha value is -3.49. The minimum Gasteiger partial charge on any atom is -0.315 e. The van der Waals surface area contributed by atoms with Gasteiger partial charge in [-0.05, 0) is 42.6 Å². The summed E-state index contributed by atoms with van der Waals surface area (Å²) in [5.74, 6) is 0. The first kappa shape index (κ1) is 21.4. The zero-order chi connectivity index (χ0) is 22.8. The molecular formula is C25H23N5OS2. The van der Waals surface area contributed by atoms with Gasteiger partial charge < -0.3 is 4.57 Å². The highest BCUT2D eigenvalue weighted by molar-refractivity contribution is 7.14. The van der Waals surface area contributed by atoms with Crippen molar-refractivity contribution in [3.05, 3.63) is 104 Å². The van der Waals surface area contributed by atoms with Crippen LogP contribution in [0.4, 0.5) is 5.69 Å². The van der Waals surface area contributed by atoms with E-state index >= 15 is 0 Å². The molecule has 4 heterocycles. The van der Waals surface area contributed by atoms with E-state index in [0.717, 1.165) is 40.5 Å². The Labute approximate surface area is 199 Å². The zero-order valence-electron chi connectivity index (χ0n) is 18.4. The minimum atomic E-state index is -0.122. The molecule has 5 aromatic rings. The Balaban J connectivity index is 1.63. The first-order valence-corrected chi connectivity index (χ1v) is 12.4. The molecule has 33 heavy (non-hydrogen) atoms. The fourth-order valence-corrected chi connectivity index (χ4v) is 5.57. The summed E-state index contributed by atoms with van der Waals surface area (Å²) in [6.45, 7) is 2.66. The standard InChI is InChI=1S/C25H23N5OS2/c1-18-23(24(31)30(28(18)2)20-10-4-3-5-11-20)27-25-29(15-13-19-9-6-7-14-26-19)21(17-33-25)22-12-8-16-32-22/h3-12,14,16-17H,13,15H2,1-2H3. The number of aryl methyl sites for hydroxylation is 1. The maximum Gasteiger partial charge on any atom is 0.297 e. The van der Waals surface area contributed by atoms with Gasteiger partial charge in [0.2, 0.25) is 0 Å². The highest BCUT2D eigenvalue weighted by atomic mass is 32.1. The maximum atomic E-state index is 13.4. The van der Waals surface area contributed by atoms with Gasteiger partial charge in [0.25, 0.3) is 5.56 Å². The molecule has 0 bridgehead atoms. The number of pyridine rings is 1. The number of hydrogen-bond donors (Lipinski definition) is 0. The van der Waals surface area contributed by atoms with Crippen LogP contribution in [0.25, 0.3) is 16.3 Å². The Morgan fingerprint density at radius 1 is 1.00 bits per heavy atom. The van der Waals surface area contributed by atoms with Crippen LogP contribution in [-0.2, 0) is 20.0 Å². The van der Waals surface area contributed by atoms with Gasteiger partial charge in [-0.15, -0.1) is 22.7 Å². The van der Waals surface area contributed by atoms with Crippen molar-refractivity contribution in [3.63, 3.8) is 0 Å². The maximum absolute atomic E-state index is 13.4. The minimum absolute atomic E-state index is 0.122. The SMILES string of the molecule is Cc1c(N=c2scc(-c3cccs3)n2CCc2ccccn2)c(=O)n(-c2ccccc2)n1C. The average molecular weight is 474 g/mol. The Morgan fingerprint density at radius 3 is 2.55 bits per heavy atom. The van der Waals surface area contributed by atoms with Gasteiger partial charge in [-0.2, -0.15) is 0 Å². The van der Waals surface area contributed by atoms with Crippen LogP contribution in [0.3, 0.4) is 0 Å². The number of thiazole rings is 1. The zero-order valence-corrected chi connectivity index (χ0v) is 20.0. The first-order valence-electron chi connectivity index (χ1n) is 10.6. The lowest BCUT2D eigenvalue weighted by Crippen LogP contribution is -2.20. The molecule has 0 saturated heterocycles. The van der Waals surface area contributed by atoms with Crippen molar-refractivity contribution in [2.24, 2.45) is 12.0 Å². The van der Waals surface area contributed by atoms with Crippen molar-refractivity contribution in [3.8, 4) is 16.3 Å². The van der Waals surface area contributed by atoms with Crippen molar-refractivity contribution in [2.75, 3.05) is 0 Å². The Bertz CT molecular complexity index is 1490. The molecule has 0 unspecified atom stereocenters. The van der Waals surface area contributed by atoms with E-state index in [1.807, 2.05) is 73.4 Å². The van der Waals surface area contributed by atoms with Gasteiger partial charge in [0, 0.05) is 37.3 Å². The van der Waals surface area contributed by atoms with Crippen LogP contribution in [0.1, 0.15) is 11.4 Å². The van der Waals surface area contributed by atoms with E-state index < -0.39 is 0 Å². The van der Waals surface area contributed by atoms with Gasteiger partial charge in [0.1, 0.15) is 0 Å². The normalized spacial score (nSPS) is 11.9. The molecule has 8 heteroatoms. The monoisotopic (exact) mass is 473 g/mol. The largest absolute Gasteiger partial charge is 0.315 e. The summed E-state index contributed by atoms with van der Waals surface area (Å²) >= 11 is 3.26. The number of nitrogens with zero attached hydrogens (tertiary/aromatic N) is 5. The molecule has 4 aromatic heterocycles. The number of para-hydroxylation sites is 1. The molecule has 0 atom stereocenters. The first-order chi connectivity index (χ1) is 16.1. The van der Waals surface area contributed by atoms with Crippen molar-refractivity contribution in [2.45, 2.75) is 19.9 Å². The van der Waals surface area contributed by atoms with Crippen LogP contribution >= 0.6 is 22.7 Å². The lowest BCUT2D eigenvalue weighted by atomic mass is 10.2. The fourth-order valence-electron chi connectivity index (χ4n) is 3.81. The number of thiophene rings is 1. The van der Waals surface area contributed by atoms with E-state index in [-0.39, 0.29) is 5.56 Å². The van der Waals surface area contributed by atoms with Crippen molar-refractivity contribution in [1.29, 1.82) is 0 Å². The lowest BCUT2D eigenvalue weighted by Gasteiger charge is -2.07. The van der Waals surface area contributed by atoms with Gasteiger partial charge >= 0.3 is 0 Å². The van der Waals surface area contributed by atoms with Gasteiger partial charge in [-0.1, -0.05) is 30.3 Å². The van der Waals surface area contributed by atoms with Crippen molar-refractivity contribution >= 4 is 28.4 Å². The molecular weight excluding hydrogens is 450 g/mol.